The van der Waals surface area contributed by atoms with Gasteiger partial charge in [0.25, 0.3) is 0 Å². The predicted molar refractivity (Wildman–Crippen MR) is 351 cm³/mol. The van der Waals surface area contributed by atoms with E-state index in [1.54, 1.807) is 14.2 Å². The highest BCUT2D eigenvalue weighted by atomic mass is 32.1. The molecule has 0 N–H and O–H groups in total. The molecule has 8 nitrogen and oxygen atoms in total. The molecule has 0 amide bonds. The van der Waals surface area contributed by atoms with Crippen LogP contribution < -0.4 is 28.7 Å². The number of para-hydroxylation sites is 2. The molecule has 16 rings (SSSR count). The summed E-state index contributed by atoms with van der Waals surface area (Å²) in [6.45, 7) is 6.01. The number of rotatable bonds is 14. The second-order valence-corrected chi connectivity index (χ2v) is 23.5. The van der Waals surface area contributed by atoms with Gasteiger partial charge in [-0.25, -0.2) is 0 Å². The molecule has 0 saturated carbocycles. The van der Waals surface area contributed by atoms with Gasteiger partial charge in [0.2, 0.25) is 0 Å². The Morgan fingerprint density at radius 1 is 0.341 bits per heavy atom. The second-order valence-electron chi connectivity index (χ2n) is 21.7. The molecule has 0 atom stereocenters. The van der Waals surface area contributed by atoms with E-state index in [9.17, 15) is 0 Å². The first-order valence-electron chi connectivity index (χ1n) is 28.8. The fraction of sp³-hybridized carbons (Fsp3) is 0.0933. The Morgan fingerprint density at radius 3 is 1.09 bits per heavy atom. The number of benzene rings is 10. The molecule has 0 fully saturated rings. The highest BCUT2D eigenvalue weighted by Crippen LogP contribution is 2.66. The van der Waals surface area contributed by atoms with E-state index >= 15 is 0 Å². The molecule has 0 aliphatic heterocycles. The molecule has 2 aliphatic carbocycles. The monoisotopic (exact) mass is 1140 g/mol. The van der Waals surface area contributed by atoms with Crippen molar-refractivity contribution in [3.8, 4) is 55.4 Å². The first-order chi connectivity index (χ1) is 41.9. The Morgan fingerprint density at radius 2 is 0.694 bits per heavy atom. The summed E-state index contributed by atoms with van der Waals surface area (Å²) < 4.78 is 29.1. The van der Waals surface area contributed by atoms with Gasteiger partial charge < -0.3 is 37.9 Å². The van der Waals surface area contributed by atoms with Gasteiger partial charge in [-0.1, -0.05) is 60.7 Å². The third-order valence-electron chi connectivity index (χ3n) is 17.4. The first-order valence-corrected chi connectivity index (χ1v) is 30.6. The molecule has 4 heterocycles. The van der Waals surface area contributed by atoms with Gasteiger partial charge in [-0.15, -0.1) is 22.7 Å². The molecular formula is C75H56N4O4S2. The smallest absolute Gasteiger partial charge is 0.129 e. The van der Waals surface area contributed by atoms with Crippen LogP contribution in [0.5, 0.6) is 34.5 Å². The highest BCUT2D eigenvalue weighted by Gasteiger charge is 2.53. The maximum atomic E-state index is 6.38. The van der Waals surface area contributed by atoms with E-state index in [1.165, 1.54) is 64.7 Å². The fourth-order valence-corrected chi connectivity index (χ4v) is 15.8. The molecular weight excluding hydrogens is 1080 g/mol. The Hall–Kier alpha value is -10.0. The summed E-state index contributed by atoms with van der Waals surface area (Å²) >= 11 is 3.69. The molecule has 0 bridgehead atoms. The van der Waals surface area contributed by atoms with E-state index in [0.717, 1.165) is 104 Å². The van der Waals surface area contributed by atoms with Gasteiger partial charge in [0, 0.05) is 90.6 Å². The van der Waals surface area contributed by atoms with Gasteiger partial charge >= 0.3 is 0 Å². The normalized spacial score (nSPS) is 12.7. The van der Waals surface area contributed by atoms with Gasteiger partial charge in [-0.05, 0) is 216 Å². The van der Waals surface area contributed by atoms with Crippen molar-refractivity contribution in [1.29, 1.82) is 0 Å². The number of anilines is 6. The topological polar surface area (TPSA) is 53.3 Å². The summed E-state index contributed by atoms with van der Waals surface area (Å²) in [7, 11) is 3.45. The van der Waals surface area contributed by atoms with Crippen LogP contribution in [0.25, 0.3) is 64.5 Å². The van der Waals surface area contributed by atoms with Crippen LogP contribution in [0.4, 0.5) is 34.1 Å². The summed E-state index contributed by atoms with van der Waals surface area (Å²) in [6.07, 6.45) is 0. The zero-order chi connectivity index (χ0) is 56.9. The van der Waals surface area contributed by atoms with Crippen molar-refractivity contribution in [1.82, 2.24) is 9.13 Å². The maximum Gasteiger partial charge on any atom is 0.129 e. The first kappa shape index (κ1) is 50.7. The van der Waals surface area contributed by atoms with Crippen molar-refractivity contribution in [3.05, 3.63) is 264 Å². The van der Waals surface area contributed by atoms with Crippen molar-refractivity contribution < 1.29 is 18.9 Å². The average Bonchev–Trinajstić information content (AvgIpc) is 1.57. The van der Waals surface area contributed by atoms with Crippen molar-refractivity contribution in [2.24, 2.45) is 0 Å². The molecule has 4 aromatic heterocycles. The van der Waals surface area contributed by atoms with Gasteiger partial charge in [0.15, 0.2) is 0 Å². The molecule has 85 heavy (non-hydrogen) atoms. The number of aromatic nitrogens is 2. The summed E-state index contributed by atoms with van der Waals surface area (Å²) in [5.74, 6) is 4.85. The van der Waals surface area contributed by atoms with Crippen molar-refractivity contribution >= 4 is 100 Å². The minimum atomic E-state index is -0.602. The Balaban J connectivity index is 0.862. The lowest BCUT2D eigenvalue weighted by molar-refractivity contribution is 0.414. The van der Waals surface area contributed by atoms with Crippen LogP contribution in [0, 0.1) is 0 Å². The number of ether oxygens (including phenoxy) is 4. The fourth-order valence-electron chi connectivity index (χ4n) is 13.7. The van der Waals surface area contributed by atoms with E-state index in [1.807, 2.05) is 83.3 Å². The van der Waals surface area contributed by atoms with Crippen molar-refractivity contribution in [2.45, 2.75) is 32.4 Å². The van der Waals surface area contributed by atoms with Crippen LogP contribution in [0.3, 0.4) is 0 Å². The second kappa shape index (κ2) is 20.1. The summed E-state index contributed by atoms with van der Waals surface area (Å²) in [5, 5.41) is 9.34. The zero-order valence-corrected chi connectivity index (χ0v) is 48.9. The number of thiophene rings is 2. The largest absolute Gasteiger partial charge is 0.497 e. The molecule has 10 aromatic carbocycles. The number of fused-ring (bicyclic) bond motifs is 16. The summed E-state index contributed by atoms with van der Waals surface area (Å²) in [6, 6.07) is 82.8. The minimum absolute atomic E-state index is 0.602. The SMILES string of the molecule is CCn1c2cc(Oc3ccccc3)ccc2c2ccc(N(c3ccc(OC)cc3)c3ccc4c(c3)C3(c5cc(N(c6ccc(OC)cc6)c6ccc7c8ccc(Oc9ccccc9)cc8n(CC)c7c6)ccc5-4)c4ccsc4-c4sccc43)cc21. The predicted octanol–water partition coefficient (Wildman–Crippen LogP) is 21.0. The number of hydrogen-bond acceptors (Lipinski definition) is 8. The lowest BCUT2D eigenvalue weighted by Gasteiger charge is -2.32. The van der Waals surface area contributed by atoms with Crippen molar-refractivity contribution in [2.75, 3.05) is 24.0 Å². The quantitative estimate of drug-likeness (QED) is 0.108. The standard InChI is InChI=1S/C75H56N4O4S2/c1-5-76-69-43-51(23-33-61(69)63-35-29-57(45-71(63)76)82-55-13-9-7-10-14-55)78(47-17-25-53(80-3)26-18-47)49-21-31-59-60-32-22-50(42-68(60)75(67(59)41-49)65-37-39-84-73(65)74-66(75)38-40-85-74)79(48-19-27-54(81-4)28-20-48)52-24-34-62-64-36-30-58(83-56-15-11-8-12-16-56)46-72(64)77(6-2)70(62)44-52/h7-46H,5-6H2,1-4H3. The average molecular weight is 1140 g/mol. The molecule has 1 spiro atoms. The zero-order valence-electron chi connectivity index (χ0n) is 47.2. The molecule has 2 aliphatic rings. The van der Waals surface area contributed by atoms with E-state index in [0.29, 0.717) is 0 Å². The number of nitrogens with zero attached hydrogens (tertiary/aromatic N) is 4. The molecule has 0 unspecified atom stereocenters. The Labute approximate surface area is 500 Å². The van der Waals surface area contributed by atoms with Gasteiger partial charge in [0.1, 0.15) is 34.5 Å². The van der Waals surface area contributed by atoms with E-state index in [2.05, 4.69) is 213 Å². The van der Waals surface area contributed by atoms with Crippen LogP contribution in [-0.4, -0.2) is 23.4 Å². The molecule has 0 saturated heterocycles. The lowest BCUT2D eigenvalue weighted by Crippen LogP contribution is -2.26. The van der Waals surface area contributed by atoms with E-state index < -0.39 is 5.41 Å². The van der Waals surface area contributed by atoms with Gasteiger partial charge in [0.05, 0.1) is 41.7 Å². The van der Waals surface area contributed by atoms with E-state index in [4.69, 9.17) is 18.9 Å². The van der Waals surface area contributed by atoms with Crippen LogP contribution in [0.1, 0.15) is 36.1 Å². The van der Waals surface area contributed by atoms with Crippen molar-refractivity contribution in [3.63, 3.8) is 0 Å². The summed E-state index contributed by atoms with van der Waals surface area (Å²) in [5.41, 5.74) is 17.9. The Kier molecular flexibility index (Phi) is 12.0. The van der Waals surface area contributed by atoms with Crippen LogP contribution in [-0.2, 0) is 18.5 Å². The number of hydrogen-bond donors (Lipinski definition) is 0. The molecule has 412 valence electrons. The Bertz CT molecular complexity index is 4600. The van der Waals surface area contributed by atoms with Crippen LogP contribution >= 0.6 is 22.7 Å². The van der Waals surface area contributed by atoms with Crippen LogP contribution in [0.15, 0.2) is 241 Å². The minimum Gasteiger partial charge on any atom is -0.497 e. The molecule has 10 heteroatoms. The molecule has 0 radical (unpaired) electrons. The third-order valence-corrected chi connectivity index (χ3v) is 19.4. The van der Waals surface area contributed by atoms with Gasteiger partial charge in [-0.2, -0.15) is 0 Å². The number of methoxy groups -OCH3 is 2. The van der Waals surface area contributed by atoms with E-state index in [-0.39, 0.29) is 0 Å². The number of aryl methyl sites for hydroxylation is 2. The lowest BCUT2D eigenvalue weighted by atomic mass is 9.71. The maximum absolute atomic E-state index is 6.38. The highest BCUT2D eigenvalue weighted by molar-refractivity contribution is 7.21. The van der Waals surface area contributed by atoms with Gasteiger partial charge in [-0.3, -0.25) is 0 Å². The molecule has 14 aromatic rings. The summed E-state index contributed by atoms with van der Waals surface area (Å²) in [4.78, 5) is 7.50. The third kappa shape index (κ3) is 7.93. The van der Waals surface area contributed by atoms with Crippen LogP contribution in [0.2, 0.25) is 0 Å².